The first-order valence-corrected chi connectivity index (χ1v) is 9.42. The van der Waals surface area contributed by atoms with Gasteiger partial charge in [-0.2, -0.15) is 0 Å². The second-order valence-electron chi connectivity index (χ2n) is 8.88. The van der Waals surface area contributed by atoms with Crippen molar-refractivity contribution in [3.05, 3.63) is 23.8 Å². The van der Waals surface area contributed by atoms with Gasteiger partial charge in [0, 0.05) is 23.7 Å². The van der Waals surface area contributed by atoms with Gasteiger partial charge >= 0.3 is 0 Å². The summed E-state index contributed by atoms with van der Waals surface area (Å²) >= 11 is 0. The smallest absolute Gasteiger partial charge is 0.178 e. The van der Waals surface area contributed by atoms with Crippen molar-refractivity contribution in [2.75, 3.05) is 6.61 Å². The van der Waals surface area contributed by atoms with Gasteiger partial charge in [-0.1, -0.05) is 25.5 Å². The summed E-state index contributed by atoms with van der Waals surface area (Å²) in [5.41, 5.74) is 0.428. The zero-order chi connectivity index (χ0) is 18.0. The molecule has 134 valence electrons. The topological polar surface area (TPSA) is 71.4 Å². The van der Waals surface area contributed by atoms with Crippen molar-refractivity contribution in [3.63, 3.8) is 0 Å². The number of allylic oxidation sites excluding steroid dienone is 4. The van der Waals surface area contributed by atoms with Crippen LogP contribution in [0.25, 0.3) is 0 Å². The monoisotopic (exact) mass is 342 g/mol. The molecule has 0 spiro atoms. The first-order chi connectivity index (χ1) is 11.8. The van der Waals surface area contributed by atoms with E-state index >= 15 is 0 Å². The molecule has 4 aliphatic rings. The molecule has 0 radical (unpaired) electrons. The Bertz CT molecular complexity index is 717. The number of hydrogen-bond acceptors (Lipinski definition) is 4. The SMILES string of the molecule is C[C@]12C=CC(=O)C=C1CCC1C2C(=O)C[C@@]2(C)C1CC[C@@H]2C(=O)CO. The lowest BCUT2D eigenvalue weighted by molar-refractivity contribution is -0.146. The van der Waals surface area contributed by atoms with Gasteiger partial charge in [0.1, 0.15) is 12.4 Å². The quantitative estimate of drug-likeness (QED) is 0.837. The molecule has 3 saturated carbocycles. The standard InChI is InChI=1S/C21H26O4/c1-20-8-7-13(23)9-12(20)3-4-14-15-5-6-16(18(25)11-22)21(15,2)10-17(24)19(14)20/h7-9,14-16,19,22H,3-6,10-11H2,1-2H3/t14?,15?,16-,19?,20+,21+/m1/s1. The summed E-state index contributed by atoms with van der Waals surface area (Å²) in [7, 11) is 0. The Hall–Kier alpha value is -1.55. The van der Waals surface area contributed by atoms with Crippen molar-refractivity contribution in [1.82, 2.24) is 0 Å². The fourth-order valence-electron chi connectivity index (χ4n) is 6.67. The Morgan fingerprint density at radius 1 is 1.24 bits per heavy atom. The minimum atomic E-state index is -0.426. The van der Waals surface area contributed by atoms with Crippen molar-refractivity contribution < 1.29 is 19.5 Å². The Balaban J connectivity index is 1.73. The lowest BCUT2D eigenvalue weighted by Crippen LogP contribution is -2.54. The van der Waals surface area contributed by atoms with E-state index in [1.165, 1.54) is 0 Å². The number of aliphatic hydroxyl groups is 1. The number of rotatable bonds is 2. The van der Waals surface area contributed by atoms with E-state index < -0.39 is 6.61 Å². The number of ketones is 3. The largest absolute Gasteiger partial charge is 0.389 e. The average Bonchev–Trinajstić information content (AvgIpc) is 2.91. The second kappa shape index (κ2) is 5.47. The summed E-state index contributed by atoms with van der Waals surface area (Å²) in [6, 6.07) is 0. The van der Waals surface area contributed by atoms with E-state index in [1.54, 1.807) is 12.2 Å². The highest BCUT2D eigenvalue weighted by Crippen LogP contribution is 2.64. The second-order valence-corrected chi connectivity index (χ2v) is 8.88. The van der Waals surface area contributed by atoms with E-state index in [-0.39, 0.29) is 45.9 Å². The maximum Gasteiger partial charge on any atom is 0.178 e. The molecule has 0 aromatic carbocycles. The third-order valence-electron chi connectivity index (χ3n) is 7.80. The van der Waals surface area contributed by atoms with Gasteiger partial charge in [-0.15, -0.1) is 0 Å². The van der Waals surface area contributed by atoms with Crippen LogP contribution in [0.4, 0.5) is 0 Å². The molecule has 4 nitrogen and oxygen atoms in total. The lowest BCUT2D eigenvalue weighted by Gasteiger charge is -2.55. The van der Waals surface area contributed by atoms with Gasteiger partial charge in [-0.3, -0.25) is 14.4 Å². The number of Topliss-reactive ketones (excluding diaryl/α,β-unsaturated/α-hetero) is 2. The molecule has 0 aliphatic heterocycles. The number of fused-ring (bicyclic) bond motifs is 5. The van der Waals surface area contributed by atoms with E-state index in [9.17, 15) is 19.5 Å². The predicted molar refractivity (Wildman–Crippen MR) is 92.6 cm³/mol. The van der Waals surface area contributed by atoms with Crippen LogP contribution in [0.3, 0.4) is 0 Å². The summed E-state index contributed by atoms with van der Waals surface area (Å²) in [6.45, 7) is 3.76. The molecular weight excluding hydrogens is 316 g/mol. The Morgan fingerprint density at radius 2 is 2.00 bits per heavy atom. The van der Waals surface area contributed by atoms with E-state index in [2.05, 4.69) is 13.8 Å². The van der Waals surface area contributed by atoms with Crippen LogP contribution in [0.15, 0.2) is 23.8 Å². The molecule has 4 aliphatic carbocycles. The molecule has 0 saturated heterocycles. The minimum Gasteiger partial charge on any atom is -0.389 e. The zero-order valence-electron chi connectivity index (χ0n) is 15.0. The van der Waals surface area contributed by atoms with Crippen LogP contribution < -0.4 is 0 Å². The number of aliphatic hydroxyl groups excluding tert-OH is 1. The highest BCUT2D eigenvalue weighted by Gasteiger charge is 2.62. The van der Waals surface area contributed by atoms with E-state index in [4.69, 9.17) is 0 Å². The van der Waals surface area contributed by atoms with Crippen molar-refractivity contribution in [2.24, 2.45) is 34.5 Å². The number of hydrogen-bond donors (Lipinski definition) is 1. The molecule has 0 aromatic rings. The molecule has 0 aromatic heterocycles. The fourth-order valence-corrected chi connectivity index (χ4v) is 6.67. The van der Waals surface area contributed by atoms with Gasteiger partial charge in [0.25, 0.3) is 0 Å². The minimum absolute atomic E-state index is 0.0218. The van der Waals surface area contributed by atoms with Gasteiger partial charge < -0.3 is 5.11 Å². The summed E-state index contributed by atoms with van der Waals surface area (Å²) in [4.78, 5) is 37.3. The summed E-state index contributed by atoms with van der Waals surface area (Å²) in [5.74, 6) is 0.477. The summed E-state index contributed by atoms with van der Waals surface area (Å²) in [5, 5.41) is 9.34. The molecule has 1 N–H and O–H groups in total. The molecule has 0 amide bonds. The molecule has 3 fully saturated rings. The highest BCUT2D eigenvalue weighted by atomic mass is 16.3. The molecule has 25 heavy (non-hydrogen) atoms. The first kappa shape index (κ1) is 16.9. The molecule has 6 atom stereocenters. The molecule has 0 bridgehead atoms. The maximum absolute atomic E-state index is 13.3. The Morgan fingerprint density at radius 3 is 2.72 bits per heavy atom. The zero-order valence-corrected chi connectivity index (χ0v) is 15.0. The lowest BCUT2D eigenvalue weighted by atomic mass is 9.47. The summed E-state index contributed by atoms with van der Waals surface area (Å²) < 4.78 is 0. The highest BCUT2D eigenvalue weighted by molar-refractivity contribution is 6.01. The fraction of sp³-hybridized carbons (Fsp3) is 0.667. The summed E-state index contributed by atoms with van der Waals surface area (Å²) in [6.07, 6.45) is 9.21. The van der Waals surface area contributed by atoms with Gasteiger partial charge in [0.05, 0.1) is 0 Å². The van der Waals surface area contributed by atoms with Crippen molar-refractivity contribution in [2.45, 2.75) is 46.0 Å². The normalized spacial score (nSPS) is 45.5. The van der Waals surface area contributed by atoms with Gasteiger partial charge in [-0.25, -0.2) is 0 Å². The van der Waals surface area contributed by atoms with Crippen LogP contribution >= 0.6 is 0 Å². The van der Waals surface area contributed by atoms with E-state index in [0.29, 0.717) is 12.3 Å². The Labute approximate surface area is 148 Å². The molecule has 3 unspecified atom stereocenters. The van der Waals surface area contributed by atoms with Gasteiger partial charge in [0.2, 0.25) is 0 Å². The number of carbonyl (C=O) groups excluding carboxylic acids is 3. The molecular formula is C21H26O4. The van der Waals surface area contributed by atoms with E-state index in [0.717, 1.165) is 31.3 Å². The first-order valence-electron chi connectivity index (χ1n) is 9.42. The van der Waals surface area contributed by atoms with Crippen LogP contribution in [0.2, 0.25) is 0 Å². The van der Waals surface area contributed by atoms with Crippen LogP contribution in [-0.2, 0) is 14.4 Å². The van der Waals surface area contributed by atoms with Crippen molar-refractivity contribution in [1.29, 1.82) is 0 Å². The van der Waals surface area contributed by atoms with Gasteiger partial charge in [-0.05, 0) is 55.1 Å². The molecule has 0 heterocycles. The van der Waals surface area contributed by atoms with Gasteiger partial charge in [0.15, 0.2) is 11.6 Å². The Kier molecular flexibility index (Phi) is 3.70. The molecule has 4 heteroatoms. The van der Waals surface area contributed by atoms with Crippen LogP contribution in [0.1, 0.15) is 46.0 Å². The third-order valence-corrected chi connectivity index (χ3v) is 7.80. The number of carbonyl (C=O) groups is 3. The van der Waals surface area contributed by atoms with Crippen LogP contribution in [0.5, 0.6) is 0 Å². The molecule has 4 rings (SSSR count). The van der Waals surface area contributed by atoms with Crippen molar-refractivity contribution in [3.8, 4) is 0 Å². The maximum atomic E-state index is 13.3. The predicted octanol–water partition coefficient (Wildman–Crippen LogP) is 2.65. The van der Waals surface area contributed by atoms with Crippen molar-refractivity contribution >= 4 is 17.3 Å². The average molecular weight is 342 g/mol. The van der Waals surface area contributed by atoms with Crippen LogP contribution in [-0.4, -0.2) is 29.1 Å². The van der Waals surface area contributed by atoms with E-state index in [1.807, 2.05) is 6.08 Å². The van der Waals surface area contributed by atoms with Crippen LogP contribution in [0, 0.1) is 34.5 Å². The third kappa shape index (κ3) is 2.19.